The van der Waals surface area contributed by atoms with Crippen molar-refractivity contribution in [1.82, 2.24) is 21.3 Å². The molecule has 3 aliphatic carbocycles. The molecule has 4 aromatic carbocycles. The van der Waals surface area contributed by atoms with E-state index in [0.29, 0.717) is 116 Å². The van der Waals surface area contributed by atoms with Crippen molar-refractivity contribution in [3.05, 3.63) is 93.0 Å². The molecule has 2 aliphatic heterocycles. The molecular weight excluding hydrogens is 921 g/mol. The fraction of sp³-hybridized carbons (Fsp3) is 0.500. The van der Waals surface area contributed by atoms with Gasteiger partial charge in [-0.1, -0.05) is 25.7 Å². The summed E-state index contributed by atoms with van der Waals surface area (Å²) in [4.78, 5) is 59.4. The van der Waals surface area contributed by atoms with Crippen LogP contribution in [0.3, 0.4) is 0 Å². The van der Waals surface area contributed by atoms with E-state index in [4.69, 9.17) is 37.9 Å². The zero-order valence-corrected chi connectivity index (χ0v) is 42.6. The van der Waals surface area contributed by atoms with Gasteiger partial charge in [0.05, 0.1) is 56.9 Å². The lowest BCUT2D eigenvalue weighted by Gasteiger charge is -2.34. The molecule has 0 saturated heterocycles. The molecule has 2 heterocycles. The summed E-state index contributed by atoms with van der Waals surface area (Å²) in [6.45, 7) is 0. The quantitative estimate of drug-likeness (QED) is 0.138. The molecule has 2 saturated carbocycles. The van der Waals surface area contributed by atoms with Crippen LogP contribution < -0.4 is 59.2 Å². The minimum atomic E-state index is -0.737. The number of nitrogens with one attached hydrogen (secondary N) is 4. The number of amides is 4. The van der Waals surface area contributed by atoms with Crippen molar-refractivity contribution >= 4 is 23.6 Å². The van der Waals surface area contributed by atoms with Crippen LogP contribution in [-0.4, -0.2) is 105 Å². The Morgan fingerprint density at radius 3 is 0.611 bits per heavy atom. The third-order valence-electron chi connectivity index (χ3n) is 15.8. The van der Waals surface area contributed by atoms with E-state index in [2.05, 4.69) is 21.3 Å². The smallest absolute Gasteiger partial charge is 0.221 e. The number of benzene rings is 4. The van der Waals surface area contributed by atoms with Crippen molar-refractivity contribution in [2.45, 2.75) is 125 Å². The van der Waals surface area contributed by atoms with Gasteiger partial charge >= 0.3 is 0 Å². The molecule has 0 radical (unpaired) electrons. The van der Waals surface area contributed by atoms with E-state index in [-0.39, 0.29) is 73.5 Å². The van der Waals surface area contributed by atoms with Crippen LogP contribution in [0.15, 0.2) is 48.5 Å². The van der Waals surface area contributed by atoms with Crippen LogP contribution in [0.4, 0.5) is 0 Å². The summed E-state index contributed by atoms with van der Waals surface area (Å²) >= 11 is 0. The molecular formula is C56H68N4O12. The fourth-order valence-corrected chi connectivity index (χ4v) is 12.3. The Morgan fingerprint density at radius 1 is 0.292 bits per heavy atom. The highest BCUT2D eigenvalue weighted by molar-refractivity contribution is 5.83. The van der Waals surface area contributed by atoms with E-state index in [1.807, 2.05) is 36.4 Å². The maximum atomic E-state index is 14.9. The number of carbonyl (C=O) groups excluding carboxylic acids is 4. The van der Waals surface area contributed by atoms with Gasteiger partial charge < -0.3 is 59.2 Å². The highest BCUT2D eigenvalue weighted by Crippen LogP contribution is 2.53. The van der Waals surface area contributed by atoms with E-state index >= 15 is 0 Å². The van der Waals surface area contributed by atoms with Crippen molar-refractivity contribution in [3.8, 4) is 46.0 Å². The summed E-state index contributed by atoms with van der Waals surface area (Å²) in [5, 5.41) is 13.4. The highest BCUT2D eigenvalue weighted by Gasteiger charge is 2.40. The predicted octanol–water partition coefficient (Wildman–Crippen LogP) is 7.27. The fourth-order valence-electron chi connectivity index (χ4n) is 12.3. The van der Waals surface area contributed by atoms with Crippen LogP contribution in [-0.2, 0) is 19.2 Å². The van der Waals surface area contributed by atoms with Gasteiger partial charge in [0, 0.05) is 142 Å². The summed E-state index contributed by atoms with van der Waals surface area (Å²) in [5.74, 6) is -0.339. The summed E-state index contributed by atoms with van der Waals surface area (Å²) in [6, 6.07) is 13.8. The van der Waals surface area contributed by atoms with E-state index in [0.717, 1.165) is 25.7 Å². The normalized spacial score (nSPS) is 25.1. The predicted molar refractivity (Wildman–Crippen MR) is 269 cm³/mol. The number of hydrogen-bond donors (Lipinski definition) is 4. The number of fused-ring (bicyclic) bond motifs is 10. The molecule has 4 unspecified atom stereocenters. The van der Waals surface area contributed by atoms with Crippen LogP contribution in [0.2, 0.25) is 0 Å². The number of carbonyl (C=O) groups is 4. The van der Waals surface area contributed by atoms with E-state index < -0.39 is 23.7 Å². The topological polar surface area (TPSA) is 190 Å². The van der Waals surface area contributed by atoms with E-state index in [1.54, 1.807) is 69.0 Å². The van der Waals surface area contributed by atoms with Gasteiger partial charge in [0.25, 0.3) is 0 Å². The van der Waals surface area contributed by atoms with E-state index in [9.17, 15) is 19.2 Å². The maximum Gasteiger partial charge on any atom is 0.221 e. The minimum Gasteiger partial charge on any atom is -0.496 e. The lowest BCUT2D eigenvalue weighted by molar-refractivity contribution is -0.125. The average molecular weight is 989 g/mol. The second kappa shape index (κ2) is 21.5. The zero-order chi connectivity index (χ0) is 50.8. The molecule has 4 amide bonds. The first-order valence-electron chi connectivity index (χ1n) is 25.1. The molecule has 72 heavy (non-hydrogen) atoms. The molecule has 4 N–H and O–H groups in total. The zero-order valence-electron chi connectivity index (χ0n) is 42.6. The van der Waals surface area contributed by atoms with Crippen LogP contribution in [0.1, 0.15) is 145 Å². The van der Waals surface area contributed by atoms with Gasteiger partial charge in [-0.05, 0) is 49.9 Å². The van der Waals surface area contributed by atoms with Crippen LogP contribution >= 0.6 is 0 Å². The number of methoxy groups -OCH3 is 8. The Hall–Kier alpha value is -6.84. The lowest BCUT2D eigenvalue weighted by Crippen LogP contribution is -2.53. The third kappa shape index (κ3) is 9.63. The summed E-state index contributed by atoms with van der Waals surface area (Å²) in [5.41, 5.74) is 5.04. The Balaban J connectivity index is 1.46. The summed E-state index contributed by atoms with van der Waals surface area (Å²) in [7, 11) is 12.6. The van der Waals surface area contributed by atoms with Gasteiger partial charge in [-0.3, -0.25) is 19.2 Å². The molecule has 4 aromatic rings. The Kier molecular flexibility index (Phi) is 15.0. The van der Waals surface area contributed by atoms with Gasteiger partial charge in [0.2, 0.25) is 23.6 Å². The average Bonchev–Trinajstić information content (AvgIpc) is 3.40. The van der Waals surface area contributed by atoms with Crippen LogP contribution in [0.25, 0.3) is 0 Å². The summed E-state index contributed by atoms with van der Waals surface area (Å²) in [6.07, 6.45) is 6.12. The number of hydrogen-bond acceptors (Lipinski definition) is 12. The molecule has 16 heteroatoms. The molecule has 0 aromatic heterocycles. The standard InChI is InChI=1S/C56H68N4O12/c1-65-45-25-46(66-2)34-17-33(45)29-21-53(61)57-41-13-9-10-14-42(41)58-54(62)22-30(34)39-20-40(52(72-8)28-51(39)71-7)32-24-56(64)60-44-16-12-11-15-43(44)59-55(63)23-31(35-18-36(32)48(68-4)26-47(35)67-3)38-19-37(29)49(69-5)27-50(38)70-6/h17-20,25-32,41-44H,9-16,21-24H2,1-8H3,(H,57,61)(H,58,62)(H,59,63)(H,60,64). The molecule has 384 valence electrons. The Labute approximate surface area is 421 Å². The van der Waals surface area contributed by atoms with Crippen molar-refractivity contribution in [3.63, 3.8) is 0 Å². The molecule has 16 nitrogen and oxygen atoms in total. The largest absolute Gasteiger partial charge is 0.496 e. The van der Waals surface area contributed by atoms with Gasteiger partial charge in [-0.25, -0.2) is 0 Å². The van der Waals surface area contributed by atoms with Gasteiger partial charge in [0.15, 0.2) is 0 Å². The lowest BCUT2D eigenvalue weighted by atomic mass is 9.77. The molecule has 4 atom stereocenters. The molecule has 9 rings (SSSR count). The SMILES string of the molecule is COc1cc(OC)c2cc1C1CC(=O)NC3CCCCC3NC(=O)CC2c2cc(c(OC)cc2OC)C2CC(=O)NC3CCCCC3NC(=O)CC(c3cc2c(OC)cc3OC)c2cc1c(OC)cc2OC. The minimum absolute atomic E-state index is 0.0466. The number of rotatable bonds is 8. The maximum absolute atomic E-state index is 14.9. The van der Waals surface area contributed by atoms with Crippen LogP contribution in [0.5, 0.6) is 46.0 Å². The van der Waals surface area contributed by atoms with E-state index in [1.165, 1.54) is 0 Å². The Bertz CT molecular complexity index is 2380. The van der Waals surface area contributed by atoms with Gasteiger partial charge in [0.1, 0.15) is 46.0 Å². The van der Waals surface area contributed by atoms with Crippen molar-refractivity contribution in [2.24, 2.45) is 0 Å². The molecule has 5 aliphatic rings. The third-order valence-corrected chi connectivity index (χ3v) is 15.8. The van der Waals surface area contributed by atoms with Crippen LogP contribution in [0, 0.1) is 0 Å². The second-order valence-corrected chi connectivity index (χ2v) is 19.6. The Morgan fingerprint density at radius 2 is 0.458 bits per heavy atom. The molecule has 0 spiro atoms. The second-order valence-electron chi connectivity index (χ2n) is 19.6. The molecule has 12 bridgehead atoms. The van der Waals surface area contributed by atoms with Gasteiger partial charge in [-0.2, -0.15) is 0 Å². The first-order chi connectivity index (χ1) is 34.9. The van der Waals surface area contributed by atoms with Crippen molar-refractivity contribution in [1.29, 1.82) is 0 Å². The van der Waals surface area contributed by atoms with Crippen molar-refractivity contribution in [2.75, 3.05) is 56.9 Å². The first kappa shape index (κ1) is 50.1. The molecule has 2 fully saturated rings. The number of ether oxygens (including phenoxy) is 8. The summed E-state index contributed by atoms with van der Waals surface area (Å²) < 4.78 is 50.0. The first-order valence-corrected chi connectivity index (χ1v) is 25.1. The van der Waals surface area contributed by atoms with Crippen molar-refractivity contribution < 1.29 is 57.1 Å². The highest BCUT2D eigenvalue weighted by atomic mass is 16.5. The van der Waals surface area contributed by atoms with Gasteiger partial charge in [-0.15, -0.1) is 0 Å². The monoisotopic (exact) mass is 988 g/mol.